The van der Waals surface area contributed by atoms with E-state index < -0.39 is 0 Å². The van der Waals surface area contributed by atoms with Crippen molar-refractivity contribution in [3.05, 3.63) is 59.1 Å². The molecule has 0 aromatic heterocycles. The lowest BCUT2D eigenvalue weighted by atomic mass is 10.0. The van der Waals surface area contributed by atoms with E-state index in [0.717, 1.165) is 29.0 Å². The third kappa shape index (κ3) is 2.45. The van der Waals surface area contributed by atoms with Crippen LogP contribution in [0.2, 0.25) is 5.02 Å². The number of hydrogen-bond acceptors (Lipinski definition) is 0. The van der Waals surface area contributed by atoms with Gasteiger partial charge in [0.1, 0.15) is 0 Å². The van der Waals surface area contributed by atoms with Crippen molar-refractivity contribution in [2.24, 2.45) is 0 Å². The van der Waals surface area contributed by atoms with Crippen LogP contribution < -0.4 is 0 Å². The van der Waals surface area contributed by atoms with Crippen molar-refractivity contribution in [3.8, 4) is 11.1 Å². The van der Waals surface area contributed by atoms with Gasteiger partial charge in [0, 0.05) is 10.6 Å². The predicted molar refractivity (Wildman–Crippen MR) is 69.7 cm³/mol. The average Bonchev–Trinajstić information content (AvgIpc) is 2.31. The van der Waals surface area contributed by atoms with Gasteiger partial charge in [-0.3, -0.25) is 0 Å². The van der Waals surface area contributed by atoms with Crippen LogP contribution in [-0.2, 0) is 6.42 Å². The minimum Gasteiger partial charge on any atom is -0.0837 e. The normalized spacial score (nSPS) is 10.4. The molecule has 2 aromatic carbocycles. The summed E-state index contributed by atoms with van der Waals surface area (Å²) < 4.78 is 0. The quantitative estimate of drug-likeness (QED) is 0.712. The fraction of sp³-hybridized carbons (Fsp3) is 0.200. The van der Waals surface area contributed by atoms with E-state index in [0.29, 0.717) is 0 Å². The van der Waals surface area contributed by atoms with Crippen LogP contribution in [0.25, 0.3) is 11.1 Å². The number of hydrogen-bond donors (Lipinski definition) is 0. The Hall–Kier alpha value is -1.27. The highest BCUT2D eigenvalue weighted by molar-refractivity contribution is 6.33. The Morgan fingerprint density at radius 2 is 1.94 bits per heavy atom. The molecule has 2 aromatic rings. The summed E-state index contributed by atoms with van der Waals surface area (Å²) in [6, 6.07) is 17.5. The fourth-order valence-corrected chi connectivity index (χ4v) is 1.99. The van der Waals surface area contributed by atoms with Crippen LogP contribution in [-0.4, -0.2) is 0 Å². The lowest BCUT2D eigenvalue weighted by Crippen LogP contribution is -1.84. The second-order valence-electron chi connectivity index (χ2n) is 3.83. The molecule has 0 fully saturated rings. The Morgan fingerprint density at radius 3 is 2.56 bits per heavy atom. The van der Waals surface area contributed by atoms with Crippen LogP contribution in [0.15, 0.2) is 42.5 Å². The predicted octanol–water partition coefficient (Wildman–Crippen LogP) is 4.76. The molecule has 0 saturated heterocycles. The SMILES string of the molecule is CCCc1[c]cc(-c2ccccc2Cl)cc1. The van der Waals surface area contributed by atoms with Crippen LogP contribution in [0, 0.1) is 6.07 Å². The second kappa shape index (κ2) is 5.18. The number of aryl methyl sites for hydroxylation is 1. The molecule has 0 aliphatic heterocycles. The maximum Gasteiger partial charge on any atom is 0.0484 e. The van der Waals surface area contributed by atoms with Gasteiger partial charge in [0.05, 0.1) is 0 Å². The highest BCUT2D eigenvalue weighted by Gasteiger charge is 2.02. The molecule has 0 unspecified atom stereocenters. The Morgan fingerprint density at radius 1 is 1.12 bits per heavy atom. The molecule has 0 heterocycles. The Kier molecular flexibility index (Phi) is 3.63. The molecule has 0 spiro atoms. The lowest BCUT2D eigenvalue weighted by Gasteiger charge is -2.05. The Balaban J connectivity index is 2.31. The summed E-state index contributed by atoms with van der Waals surface area (Å²) in [5, 5.41) is 0.791. The number of rotatable bonds is 3. The molecule has 0 N–H and O–H groups in total. The highest BCUT2D eigenvalue weighted by Crippen LogP contribution is 2.27. The Bertz CT molecular complexity index is 457. The van der Waals surface area contributed by atoms with Crippen molar-refractivity contribution in [1.29, 1.82) is 0 Å². The molecule has 16 heavy (non-hydrogen) atoms. The molecule has 0 atom stereocenters. The lowest BCUT2D eigenvalue weighted by molar-refractivity contribution is 0.920. The van der Waals surface area contributed by atoms with Gasteiger partial charge in [0.2, 0.25) is 0 Å². The molecule has 0 amide bonds. The van der Waals surface area contributed by atoms with Crippen LogP contribution in [0.1, 0.15) is 18.9 Å². The van der Waals surface area contributed by atoms with E-state index in [-0.39, 0.29) is 0 Å². The summed E-state index contributed by atoms with van der Waals surface area (Å²) in [5.74, 6) is 0. The summed E-state index contributed by atoms with van der Waals surface area (Å²) >= 11 is 6.15. The van der Waals surface area contributed by atoms with Crippen molar-refractivity contribution in [3.63, 3.8) is 0 Å². The minimum atomic E-state index is 0.791. The molecular weight excluding hydrogens is 216 g/mol. The molecule has 0 saturated carbocycles. The van der Waals surface area contributed by atoms with Crippen molar-refractivity contribution in [2.75, 3.05) is 0 Å². The Labute approximate surface area is 102 Å². The summed E-state index contributed by atoms with van der Waals surface area (Å²) in [7, 11) is 0. The maximum atomic E-state index is 6.15. The largest absolute Gasteiger partial charge is 0.0837 e. The first-order valence-corrected chi connectivity index (χ1v) is 5.94. The topological polar surface area (TPSA) is 0 Å². The van der Waals surface area contributed by atoms with E-state index in [1.165, 1.54) is 5.56 Å². The molecule has 0 aliphatic rings. The van der Waals surface area contributed by atoms with E-state index in [9.17, 15) is 0 Å². The summed E-state index contributed by atoms with van der Waals surface area (Å²) in [4.78, 5) is 0. The van der Waals surface area contributed by atoms with Gasteiger partial charge in [-0.05, 0) is 35.7 Å². The van der Waals surface area contributed by atoms with Crippen molar-refractivity contribution < 1.29 is 0 Å². The van der Waals surface area contributed by atoms with Crippen LogP contribution in [0.4, 0.5) is 0 Å². The maximum absolute atomic E-state index is 6.15. The monoisotopic (exact) mass is 229 g/mol. The third-order valence-electron chi connectivity index (χ3n) is 2.58. The third-order valence-corrected chi connectivity index (χ3v) is 2.91. The summed E-state index contributed by atoms with van der Waals surface area (Å²) in [6.45, 7) is 2.18. The molecule has 2 rings (SSSR count). The van der Waals surface area contributed by atoms with Crippen molar-refractivity contribution >= 4 is 11.6 Å². The van der Waals surface area contributed by atoms with Gasteiger partial charge < -0.3 is 0 Å². The number of halogens is 1. The first kappa shape index (κ1) is 11.2. The van der Waals surface area contributed by atoms with Gasteiger partial charge in [-0.25, -0.2) is 0 Å². The zero-order chi connectivity index (χ0) is 11.4. The van der Waals surface area contributed by atoms with Gasteiger partial charge in [0.15, 0.2) is 0 Å². The summed E-state index contributed by atoms with van der Waals surface area (Å²) in [6.07, 6.45) is 2.24. The van der Waals surface area contributed by atoms with E-state index in [2.05, 4.69) is 25.1 Å². The van der Waals surface area contributed by atoms with Crippen molar-refractivity contribution in [1.82, 2.24) is 0 Å². The molecule has 0 nitrogen and oxygen atoms in total. The van der Waals surface area contributed by atoms with E-state index in [4.69, 9.17) is 11.6 Å². The first-order valence-electron chi connectivity index (χ1n) is 5.57. The van der Waals surface area contributed by atoms with Crippen LogP contribution >= 0.6 is 11.6 Å². The van der Waals surface area contributed by atoms with E-state index in [1.807, 2.05) is 30.3 Å². The fourth-order valence-electron chi connectivity index (χ4n) is 1.74. The summed E-state index contributed by atoms with van der Waals surface area (Å²) in [5.41, 5.74) is 3.47. The molecule has 1 radical (unpaired) electrons. The molecule has 1 heteroatoms. The van der Waals surface area contributed by atoms with E-state index >= 15 is 0 Å². The van der Waals surface area contributed by atoms with Gasteiger partial charge in [-0.1, -0.05) is 55.3 Å². The smallest absolute Gasteiger partial charge is 0.0484 e. The first-order chi connectivity index (χ1) is 7.81. The van der Waals surface area contributed by atoms with E-state index in [1.54, 1.807) is 0 Å². The van der Waals surface area contributed by atoms with Crippen LogP contribution in [0.5, 0.6) is 0 Å². The number of benzene rings is 2. The van der Waals surface area contributed by atoms with Crippen molar-refractivity contribution in [2.45, 2.75) is 19.8 Å². The average molecular weight is 230 g/mol. The van der Waals surface area contributed by atoms with Gasteiger partial charge in [0.25, 0.3) is 0 Å². The second-order valence-corrected chi connectivity index (χ2v) is 4.24. The molecule has 81 valence electrons. The standard InChI is InChI=1S/C15H14Cl/c1-2-5-12-8-10-13(11-9-12)14-6-3-4-7-15(14)16/h3-4,6-8,10-11H,2,5H2,1H3. The highest BCUT2D eigenvalue weighted by atomic mass is 35.5. The molecule has 0 aliphatic carbocycles. The van der Waals surface area contributed by atoms with Gasteiger partial charge in [-0.2, -0.15) is 0 Å². The molecular formula is C15H14Cl. The zero-order valence-electron chi connectivity index (χ0n) is 9.33. The molecule has 0 bridgehead atoms. The minimum absolute atomic E-state index is 0.791. The van der Waals surface area contributed by atoms with Gasteiger partial charge in [-0.15, -0.1) is 0 Å². The zero-order valence-corrected chi connectivity index (χ0v) is 10.1. The van der Waals surface area contributed by atoms with Crippen LogP contribution in [0.3, 0.4) is 0 Å². The van der Waals surface area contributed by atoms with Gasteiger partial charge >= 0.3 is 0 Å².